The minimum atomic E-state index is -0.636. The first kappa shape index (κ1) is 20.5. The van der Waals surface area contributed by atoms with Crippen LogP contribution >= 0.6 is 0 Å². The Hall–Kier alpha value is -3.35. The first-order chi connectivity index (χ1) is 15.6. The number of aliphatic imine (C=N–C) groups is 1. The Morgan fingerprint density at radius 1 is 0.969 bits per heavy atom. The van der Waals surface area contributed by atoms with Gasteiger partial charge in [-0.25, -0.2) is 0 Å². The van der Waals surface area contributed by atoms with E-state index in [1.54, 1.807) is 23.1 Å². The van der Waals surface area contributed by atoms with Crippen LogP contribution in [0.2, 0.25) is 0 Å². The SMILES string of the molecule is O=C(CN1C(=O)C(c2ccccc2)=NC12CCCCCC2)Nc1ccc2c(c1)OCCO2. The van der Waals surface area contributed by atoms with Gasteiger partial charge >= 0.3 is 0 Å². The number of carbonyl (C=O) groups is 2. The van der Waals surface area contributed by atoms with Gasteiger partial charge in [0.1, 0.15) is 31.1 Å². The van der Waals surface area contributed by atoms with Crippen LogP contribution in [-0.2, 0) is 9.59 Å². The summed E-state index contributed by atoms with van der Waals surface area (Å²) in [6, 6.07) is 14.9. The Labute approximate surface area is 187 Å². The highest BCUT2D eigenvalue weighted by Crippen LogP contribution is 2.39. The second kappa shape index (κ2) is 8.65. The third-order valence-electron chi connectivity index (χ3n) is 6.35. The van der Waals surface area contributed by atoms with E-state index in [4.69, 9.17) is 14.5 Å². The fraction of sp³-hybridized carbons (Fsp3) is 0.400. The van der Waals surface area contributed by atoms with Crippen molar-refractivity contribution in [3.05, 3.63) is 54.1 Å². The number of ether oxygens (including phenoxy) is 2. The lowest BCUT2D eigenvalue weighted by molar-refractivity contribution is -0.133. The molecule has 1 fully saturated rings. The third-order valence-corrected chi connectivity index (χ3v) is 6.35. The van der Waals surface area contributed by atoms with Gasteiger partial charge in [-0.3, -0.25) is 14.6 Å². The highest BCUT2D eigenvalue weighted by Gasteiger charge is 2.47. The van der Waals surface area contributed by atoms with E-state index in [0.717, 1.165) is 44.1 Å². The fourth-order valence-electron chi connectivity index (χ4n) is 4.78. The van der Waals surface area contributed by atoms with Gasteiger partial charge in [0, 0.05) is 17.3 Å². The van der Waals surface area contributed by atoms with Crippen LogP contribution in [0.15, 0.2) is 53.5 Å². The number of rotatable bonds is 4. The summed E-state index contributed by atoms with van der Waals surface area (Å²) in [5, 5.41) is 2.91. The first-order valence-electron chi connectivity index (χ1n) is 11.3. The zero-order valence-electron chi connectivity index (χ0n) is 18.0. The van der Waals surface area contributed by atoms with Crippen LogP contribution in [0.1, 0.15) is 44.1 Å². The monoisotopic (exact) mass is 433 g/mol. The van der Waals surface area contributed by atoms with Crippen molar-refractivity contribution in [1.82, 2.24) is 4.90 Å². The number of carbonyl (C=O) groups excluding carboxylic acids is 2. The van der Waals surface area contributed by atoms with Gasteiger partial charge in [0.2, 0.25) is 5.91 Å². The number of benzene rings is 2. The van der Waals surface area contributed by atoms with E-state index in [0.29, 0.717) is 36.1 Å². The van der Waals surface area contributed by atoms with E-state index in [2.05, 4.69) is 5.32 Å². The molecule has 0 radical (unpaired) electrons. The van der Waals surface area contributed by atoms with Crippen molar-refractivity contribution in [1.29, 1.82) is 0 Å². The van der Waals surface area contributed by atoms with Gasteiger partial charge in [-0.05, 0) is 37.8 Å². The fourth-order valence-corrected chi connectivity index (χ4v) is 4.78. The molecule has 1 saturated carbocycles. The van der Waals surface area contributed by atoms with Gasteiger partial charge in [0.15, 0.2) is 11.5 Å². The minimum absolute atomic E-state index is 0.0346. The van der Waals surface area contributed by atoms with E-state index in [9.17, 15) is 9.59 Å². The lowest BCUT2D eigenvalue weighted by atomic mass is 10.00. The normalized spacial score (nSPS) is 19.4. The summed E-state index contributed by atoms with van der Waals surface area (Å²) in [7, 11) is 0. The Kier molecular flexibility index (Phi) is 5.55. The molecule has 1 spiro atoms. The maximum atomic E-state index is 13.4. The number of hydrogen-bond acceptors (Lipinski definition) is 5. The highest BCUT2D eigenvalue weighted by molar-refractivity contribution is 6.47. The van der Waals surface area contributed by atoms with Crippen molar-refractivity contribution >= 4 is 23.2 Å². The molecule has 32 heavy (non-hydrogen) atoms. The van der Waals surface area contributed by atoms with Crippen LogP contribution in [-0.4, -0.2) is 47.8 Å². The molecule has 7 heteroatoms. The minimum Gasteiger partial charge on any atom is -0.486 e. The summed E-state index contributed by atoms with van der Waals surface area (Å²) >= 11 is 0. The van der Waals surface area contributed by atoms with Gasteiger partial charge in [-0.2, -0.15) is 0 Å². The second-order valence-corrected chi connectivity index (χ2v) is 8.52. The van der Waals surface area contributed by atoms with Gasteiger partial charge < -0.3 is 19.7 Å². The lowest BCUT2D eigenvalue weighted by Gasteiger charge is -2.35. The van der Waals surface area contributed by atoms with Crippen LogP contribution in [0.3, 0.4) is 0 Å². The van der Waals surface area contributed by atoms with Crippen LogP contribution in [0.25, 0.3) is 0 Å². The van der Waals surface area contributed by atoms with E-state index in [1.165, 1.54) is 0 Å². The molecule has 1 aliphatic carbocycles. The van der Waals surface area contributed by atoms with Gasteiger partial charge in [0.25, 0.3) is 5.91 Å². The van der Waals surface area contributed by atoms with Gasteiger partial charge in [-0.1, -0.05) is 43.2 Å². The molecule has 0 saturated heterocycles. The van der Waals surface area contributed by atoms with Crippen molar-refractivity contribution in [2.45, 2.75) is 44.2 Å². The molecule has 2 aliphatic heterocycles. The van der Waals surface area contributed by atoms with Crippen molar-refractivity contribution in [2.24, 2.45) is 4.99 Å². The molecule has 2 amide bonds. The van der Waals surface area contributed by atoms with Crippen molar-refractivity contribution in [3.8, 4) is 11.5 Å². The predicted octanol–water partition coefficient (Wildman–Crippen LogP) is 3.78. The van der Waals surface area contributed by atoms with Crippen LogP contribution in [0, 0.1) is 0 Å². The summed E-state index contributed by atoms with van der Waals surface area (Å²) in [6.45, 7) is 0.962. The molecule has 5 rings (SSSR count). The molecular formula is C25H27N3O4. The molecule has 2 heterocycles. The maximum absolute atomic E-state index is 13.4. The Morgan fingerprint density at radius 3 is 2.44 bits per heavy atom. The lowest BCUT2D eigenvalue weighted by Crippen LogP contribution is -2.50. The molecule has 0 aromatic heterocycles. The van der Waals surface area contributed by atoms with Gasteiger partial charge in [-0.15, -0.1) is 0 Å². The quantitative estimate of drug-likeness (QED) is 0.796. The average molecular weight is 434 g/mol. The molecule has 2 aromatic carbocycles. The number of hydrogen-bond donors (Lipinski definition) is 1. The zero-order valence-corrected chi connectivity index (χ0v) is 18.0. The van der Waals surface area contributed by atoms with E-state index in [-0.39, 0.29) is 18.4 Å². The summed E-state index contributed by atoms with van der Waals surface area (Å²) in [4.78, 5) is 33.1. The number of amides is 2. The average Bonchev–Trinajstić information content (AvgIpc) is 2.96. The standard InChI is InChI=1S/C25H27N3O4/c29-22(26-19-10-11-20-21(16-19)32-15-14-31-20)17-28-24(30)23(18-8-4-3-5-9-18)27-25(28)12-6-1-2-7-13-25/h3-5,8-11,16H,1-2,6-7,12-15,17H2,(H,26,29). The number of fused-ring (bicyclic) bond motifs is 1. The Balaban J connectivity index is 1.37. The van der Waals surface area contributed by atoms with Crippen molar-refractivity contribution < 1.29 is 19.1 Å². The Morgan fingerprint density at radius 2 is 1.69 bits per heavy atom. The molecule has 1 N–H and O–H groups in total. The van der Waals surface area contributed by atoms with Crippen LogP contribution < -0.4 is 14.8 Å². The maximum Gasteiger partial charge on any atom is 0.275 e. The topological polar surface area (TPSA) is 80.2 Å². The predicted molar refractivity (Wildman–Crippen MR) is 121 cm³/mol. The van der Waals surface area contributed by atoms with E-state index >= 15 is 0 Å². The molecule has 166 valence electrons. The molecule has 2 aromatic rings. The number of anilines is 1. The summed E-state index contributed by atoms with van der Waals surface area (Å²) in [5.74, 6) is 0.863. The Bertz CT molecular complexity index is 1040. The van der Waals surface area contributed by atoms with E-state index in [1.807, 2.05) is 30.3 Å². The second-order valence-electron chi connectivity index (χ2n) is 8.52. The number of nitrogens with one attached hydrogen (secondary N) is 1. The van der Waals surface area contributed by atoms with Gasteiger partial charge in [0.05, 0.1) is 0 Å². The van der Waals surface area contributed by atoms with E-state index < -0.39 is 5.66 Å². The summed E-state index contributed by atoms with van der Waals surface area (Å²) in [6.07, 6.45) is 5.82. The molecule has 3 aliphatic rings. The van der Waals surface area contributed by atoms with Crippen molar-refractivity contribution in [3.63, 3.8) is 0 Å². The molecular weight excluding hydrogens is 406 g/mol. The zero-order chi connectivity index (χ0) is 22.0. The van der Waals surface area contributed by atoms with Crippen LogP contribution in [0.4, 0.5) is 5.69 Å². The molecule has 0 bridgehead atoms. The van der Waals surface area contributed by atoms with Crippen molar-refractivity contribution in [2.75, 3.05) is 25.1 Å². The molecule has 7 nitrogen and oxygen atoms in total. The van der Waals surface area contributed by atoms with Crippen LogP contribution in [0.5, 0.6) is 11.5 Å². The highest BCUT2D eigenvalue weighted by atomic mass is 16.6. The summed E-state index contributed by atoms with van der Waals surface area (Å²) in [5.41, 5.74) is 1.24. The summed E-state index contributed by atoms with van der Waals surface area (Å²) < 4.78 is 11.1. The first-order valence-corrected chi connectivity index (χ1v) is 11.3. The smallest absolute Gasteiger partial charge is 0.275 e. The number of nitrogens with zero attached hydrogens (tertiary/aromatic N) is 2. The molecule has 0 unspecified atom stereocenters. The largest absolute Gasteiger partial charge is 0.486 e. The third kappa shape index (κ3) is 3.95. The molecule has 0 atom stereocenters.